The molecule has 3 rings (SSSR count). The summed E-state index contributed by atoms with van der Waals surface area (Å²) in [6, 6.07) is 9.58. The molecule has 21 heavy (non-hydrogen) atoms. The maximum absolute atomic E-state index is 11.8. The predicted molar refractivity (Wildman–Crippen MR) is 77.2 cm³/mol. The number of ether oxygens (including phenoxy) is 1. The molecule has 0 saturated carbocycles. The van der Waals surface area contributed by atoms with Crippen molar-refractivity contribution in [1.82, 2.24) is 9.78 Å². The van der Waals surface area contributed by atoms with E-state index >= 15 is 0 Å². The summed E-state index contributed by atoms with van der Waals surface area (Å²) in [5, 5.41) is 13.8. The molecule has 1 unspecified atom stereocenters. The smallest absolute Gasteiger partial charge is 0.313 e. The first-order valence-corrected chi connectivity index (χ1v) is 7.02. The van der Waals surface area contributed by atoms with Crippen molar-refractivity contribution >= 4 is 5.97 Å². The second kappa shape index (κ2) is 5.24. The number of fused-ring (bicyclic) bond motifs is 1. The summed E-state index contributed by atoms with van der Waals surface area (Å²) in [6.07, 6.45) is 3.45. The van der Waals surface area contributed by atoms with Crippen molar-refractivity contribution in [2.75, 3.05) is 6.61 Å². The van der Waals surface area contributed by atoms with Crippen molar-refractivity contribution in [2.24, 2.45) is 12.5 Å². The van der Waals surface area contributed by atoms with E-state index in [1.165, 1.54) is 0 Å². The Labute approximate surface area is 123 Å². The highest BCUT2D eigenvalue weighted by molar-refractivity contribution is 5.76. The van der Waals surface area contributed by atoms with Gasteiger partial charge in [-0.1, -0.05) is 18.2 Å². The van der Waals surface area contributed by atoms with E-state index in [-0.39, 0.29) is 6.61 Å². The number of aliphatic carboxylic acids is 1. The number of carboxylic acid groups (broad SMARTS) is 1. The van der Waals surface area contributed by atoms with Crippen LogP contribution in [0.15, 0.2) is 36.5 Å². The third-order valence-corrected chi connectivity index (χ3v) is 4.24. The molecule has 0 spiro atoms. The van der Waals surface area contributed by atoms with Gasteiger partial charge in [0.15, 0.2) is 0 Å². The lowest BCUT2D eigenvalue weighted by Crippen LogP contribution is -2.42. The molecule has 2 heterocycles. The van der Waals surface area contributed by atoms with Crippen LogP contribution in [0.5, 0.6) is 5.75 Å². The number of aromatic nitrogens is 2. The van der Waals surface area contributed by atoms with Crippen molar-refractivity contribution in [3.63, 3.8) is 0 Å². The van der Waals surface area contributed by atoms with Crippen LogP contribution >= 0.6 is 0 Å². The van der Waals surface area contributed by atoms with Crippen molar-refractivity contribution in [1.29, 1.82) is 0 Å². The molecule has 110 valence electrons. The molecule has 0 radical (unpaired) electrons. The number of carbonyl (C=O) groups is 1. The number of carboxylic acids is 1. The van der Waals surface area contributed by atoms with Gasteiger partial charge in [0.2, 0.25) is 0 Å². The van der Waals surface area contributed by atoms with Gasteiger partial charge in [0.05, 0.1) is 0 Å². The lowest BCUT2D eigenvalue weighted by molar-refractivity contribution is -0.152. The first-order chi connectivity index (χ1) is 10.1. The Hall–Kier alpha value is -2.30. The highest BCUT2D eigenvalue weighted by Gasteiger charge is 2.42. The maximum Gasteiger partial charge on any atom is 0.313 e. The molecule has 0 aliphatic carbocycles. The van der Waals surface area contributed by atoms with E-state index in [0.29, 0.717) is 19.3 Å². The van der Waals surface area contributed by atoms with Crippen LogP contribution in [0, 0.1) is 5.41 Å². The Morgan fingerprint density at radius 1 is 1.43 bits per heavy atom. The Balaban J connectivity index is 1.82. The molecule has 1 atom stereocenters. The number of hydrogen-bond donors (Lipinski definition) is 1. The number of hydrogen-bond acceptors (Lipinski definition) is 3. The van der Waals surface area contributed by atoms with Gasteiger partial charge in [-0.2, -0.15) is 5.10 Å². The van der Waals surface area contributed by atoms with Gasteiger partial charge in [0, 0.05) is 18.9 Å². The maximum atomic E-state index is 11.8. The Bertz CT molecular complexity index is 665. The van der Waals surface area contributed by atoms with Gasteiger partial charge < -0.3 is 9.84 Å². The van der Waals surface area contributed by atoms with Gasteiger partial charge in [0.1, 0.15) is 17.8 Å². The molecule has 5 nitrogen and oxygen atoms in total. The fourth-order valence-electron chi connectivity index (χ4n) is 2.84. The molecule has 1 aliphatic heterocycles. The van der Waals surface area contributed by atoms with E-state index in [4.69, 9.17) is 4.74 Å². The molecular formula is C16H18N2O3. The first-order valence-electron chi connectivity index (χ1n) is 7.02. The topological polar surface area (TPSA) is 64.4 Å². The van der Waals surface area contributed by atoms with Gasteiger partial charge in [-0.15, -0.1) is 0 Å². The molecule has 1 aromatic heterocycles. The zero-order valence-corrected chi connectivity index (χ0v) is 12.0. The minimum atomic E-state index is -0.862. The van der Waals surface area contributed by atoms with Crippen molar-refractivity contribution < 1.29 is 14.6 Å². The standard InChI is InChI=1S/C16H18N2O3/c1-18-13(7-9-17-18)6-8-16(15(19)20)10-12-4-2-3-5-14(12)21-11-16/h2-5,7,9H,6,8,10-11H2,1H3,(H,19,20). The summed E-state index contributed by atoms with van der Waals surface area (Å²) < 4.78 is 7.48. The summed E-state index contributed by atoms with van der Waals surface area (Å²) in [5.41, 5.74) is 1.14. The summed E-state index contributed by atoms with van der Waals surface area (Å²) in [6.45, 7) is 0.219. The molecule has 0 fully saturated rings. The van der Waals surface area contributed by atoms with Gasteiger partial charge in [-0.3, -0.25) is 9.48 Å². The van der Waals surface area contributed by atoms with Crippen LogP contribution in [-0.4, -0.2) is 27.5 Å². The summed E-state index contributed by atoms with van der Waals surface area (Å²) in [7, 11) is 1.87. The highest BCUT2D eigenvalue weighted by Crippen LogP contribution is 2.38. The quantitative estimate of drug-likeness (QED) is 0.934. The zero-order valence-electron chi connectivity index (χ0n) is 12.0. The first kappa shape index (κ1) is 13.7. The van der Waals surface area contributed by atoms with Crippen LogP contribution in [0.1, 0.15) is 17.7 Å². The molecule has 1 aromatic carbocycles. The zero-order chi connectivity index (χ0) is 14.9. The molecule has 0 amide bonds. The van der Waals surface area contributed by atoms with Crippen LogP contribution in [0.3, 0.4) is 0 Å². The van der Waals surface area contributed by atoms with Crippen LogP contribution in [0.4, 0.5) is 0 Å². The van der Waals surface area contributed by atoms with E-state index in [1.807, 2.05) is 37.4 Å². The monoisotopic (exact) mass is 286 g/mol. The van der Waals surface area contributed by atoms with Crippen LogP contribution in [0.2, 0.25) is 0 Å². The fraction of sp³-hybridized carbons (Fsp3) is 0.375. The number of aryl methyl sites for hydroxylation is 2. The van der Waals surface area contributed by atoms with Gasteiger partial charge in [-0.05, 0) is 37.0 Å². The number of benzene rings is 1. The minimum Gasteiger partial charge on any atom is -0.492 e. The number of rotatable bonds is 4. The largest absolute Gasteiger partial charge is 0.492 e. The average Bonchev–Trinajstić information content (AvgIpc) is 2.90. The third-order valence-electron chi connectivity index (χ3n) is 4.24. The summed E-state index contributed by atoms with van der Waals surface area (Å²) in [5.74, 6) is 0.00841. The highest BCUT2D eigenvalue weighted by atomic mass is 16.5. The van der Waals surface area contributed by atoms with Crippen LogP contribution in [0.25, 0.3) is 0 Å². The molecule has 1 N–H and O–H groups in total. The van der Waals surface area contributed by atoms with E-state index < -0.39 is 11.4 Å². The minimum absolute atomic E-state index is 0.219. The van der Waals surface area contributed by atoms with Crippen LogP contribution in [-0.2, 0) is 24.7 Å². The third kappa shape index (κ3) is 2.51. The molecule has 5 heteroatoms. The number of para-hydroxylation sites is 1. The van der Waals surface area contributed by atoms with E-state index in [0.717, 1.165) is 17.0 Å². The Kier molecular flexibility index (Phi) is 3.41. The molecular weight excluding hydrogens is 268 g/mol. The second-order valence-electron chi connectivity index (χ2n) is 5.60. The van der Waals surface area contributed by atoms with Gasteiger partial charge in [0.25, 0.3) is 0 Å². The summed E-state index contributed by atoms with van der Waals surface area (Å²) in [4.78, 5) is 11.8. The lowest BCUT2D eigenvalue weighted by Gasteiger charge is -2.34. The van der Waals surface area contributed by atoms with E-state index in [2.05, 4.69) is 5.10 Å². The van der Waals surface area contributed by atoms with E-state index in [1.54, 1.807) is 10.9 Å². The molecule has 0 saturated heterocycles. The average molecular weight is 286 g/mol. The SMILES string of the molecule is Cn1nccc1CCC1(C(=O)O)COc2ccccc2C1. The fourth-order valence-corrected chi connectivity index (χ4v) is 2.84. The van der Waals surface area contributed by atoms with Gasteiger partial charge >= 0.3 is 5.97 Å². The predicted octanol–water partition coefficient (Wildman–Crippen LogP) is 2.06. The molecule has 2 aromatic rings. The van der Waals surface area contributed by atoms with Gasteiger partial charge in [-0.25, -0.2) is 0 Å². The second-order valence-corrected chi connectivity index (χ2v) is 5.60. The van der Waals surface area contributed by atoms with Crippen molar-refractivity contribution in [2.45, 2.75) is 19.3 Å². The van der Waals surface area contributed by atoms with Crippen molar-refractivity contribution in [3.05, 3.63) is 47.8 Å². The summed E-state index contributed by atoms with van der Waals surface area (Å²) >= 11 is 0. The van der Waals surface area contributed by atoms with Crippen LogP contribution < -0.4 is 4.74 Å². The Morgan fingerprint density at radius 3 is 2.95 bits per heavy atom. The number of nitrogens with zero attached hydrogens (tertiary/aromatic N) is 2. The Morgan fingerprint density at radius 2 is 2.24 bits per heavy atom. The molecule has 0 bridgehead atoms. The van der Waals surface area contributed by atoms with Crippen molar-refractivity contribution in [3.8, 4) is 5.75 Å². The lowest BCUT2D eigenvalue weighted by atomic mass is 9.76. The molecule has 1 aliphatic rings. The normalized spacial score (nSPS) is 20.6. The van der Waals surface area contributed by atoms with E-state index in [9.17, 15) is 9.90 Å².